The summed E-state index contributed by atoms with van der Waals surface area (Å²) in [6.45, 7) is 9.33. The van der Waals surface area contributed by atoms with Crippen LogP contribution in [0.2, 0.25) is 0 Å². The molecule has 0 aliphatic rings. The number of nitrogens with zero attached hydrogens (tertiary/aromatic N) is 1. The third kappa shape index (κ3) is 6.70. The molecule has 4 nitrogen and oxygen atoms in total. The Labute approximate surface area is 129 Å². The second kappa shape index (κ2) is 10.2. The van der Waals surface area contributed by atoms with E-state index in [1.165, 1.54) is 0 Å². The number of ether oxygens (including phenoxy) is 2. The molecular formula is C15H24BrNO3. The zero-order chi connectivity index (χ0) is 14.8. The quantitative estimate of drug-likeness (QED) is 0.662. The van der Waals surface area contributed by atoms with Crippen molar-refractivity contribution in [3.8, 4) is 5.75 Å². The summed E-state index contributed by atoms with van der Waals surface area (Å²) in [5.41, 5.74) is 1.07. The molecule has 0 bridgehead atoms. The van der Waals surface area contributed by atoms with Crippen LogP contribution in [0.1, 0.15) is 19.4 Å². The van der Waals surface area contributed by atoms with E-state index in [1.54, 1.807) is 12.1 Å². The molecule has 1 aromatic carbocycles. The second-order valence-electron chi connectivity index (χ2n) is 4.45. The van der Waals surface area contributed by atoms with Crippen LogP contribution in [0.15, 0.2) is 22.7 Å². The van der Waals surface area contributed by atoms with Crippen molar-refractivity contribution in [2.45, 2.75) is 20.4 Å². The molecule has 114 valence electrons. The SMILES string of the molecule is CCOCCN(CCOCC)Cc1cc(O)ccc1Br. The van der Waals surface area contributed by atoms with Crippen molar-refractivity contribution in [3.63, 3.8) is 0 Å². The number of rotatable bonds is 10. The first-order chi connectivity index (χ1) is 9.67. The lowest BCUT2D eigenvalue weighted by Gasteiger charge is -2.22. The smallest absolute Gasteiger partial charge is 0.115 e. The maximum Gasteiger partial charge on any atom is 0.115 e. The largest absolute Gasteiger partial charge is 0.508 e. The van der Waals surface area contributed by atoms with Crippen LogP contribution in [0.5, 0.6) is 5.75 Å². The number of benzene rings is 1. The minimum atomic E-state index is 0.290. The molecule has 5 heteroatoms. The van der Waals surface area contributed by atoms with Crippen LogP contribution < -0.4 is 0 Å². The van der Waals surface area contributed by atoms with E-state index < -0.39 is 0 Å². The highest BCUT2D eigenvalue weighted by atomic mass is 79.9. The molecule has 0 fully saturated rings. The average Bonchev–Trinajstić information content (AvgIpc) is 2.43. The second-order valence-corrected chi connectivity index (χ2v) is 5.30. The Morgan fingerprint density at radius 2 is 1.70 bits per heavy atom. The summed E-state index contributed by atoms with van der Waals surface area (Å²) in [4.78, 5) is 2.27. The van der Waals surface area contributed by atoms with Gasteiger partial charge in [0.05, 0.1) is 13.2 Å². The lowest BCUT2D eigenvalue weighted by molar-refractivity contribution is 0.0797. The molecule has 0 heterocycles. The summed E-state index contributed by atoms with van der Waals surface area (Å²) in [5, 5.41) is 9.59. The van der Waals surface area contributed by atoms with Crippen molar-refractivity contribution < 1.29 is 14.6 Å². The fraction of sp³-hybridized carbons (Fsp3) is 0.600. The van der Waals surface area contributed by atoms with Crippen molar-refractivity contribution >= 4 is 15.9 Å². The van der Waals surface area contributed by atoms with Crippen molar-refractivity contribution in [3.05, 3.63) is 28.2 Å². The van der Waals surface area contributed by atoms with E-state index in [2.05, 4.69) is 20.8 Å². The lowest BCUT2D eigenvalue weighted by atomic mass is 10.2. The monoisotopic (exact) mass is 345 g/mol. The van der Waals surface area contributed by atoms with Crippen LogP contribution in [0.4, 0.5) is 0 Å². The van der Waals surface area contributed by atoms with Crippen LogP contribution in [0.25, 0.3) is 0 Å². The Balaban J connectivity index is 2.58. The molecule has 0 saturated heterocycles. The topological polar surface area (TPSA) is 41.9 Å². The molecule has 0 aliphatic carbocycles. The van der Waals surface area contributed by atoms with E-state index in [1.807, 2.05) is 19.9 Å². The first-order valence-corrected chi connectivity index (χ1v) is 7.81. The van der Waals surface area contributed by atoms with E-state index in [9.17, 15) is 5.11 Å². The van der Waals surface area contributed by atoms with Gasteiger partial charge in [0.25, 0.3) is 0 Å². The fourth-order valence-corrected chi connectivity index (χ4v) is 2.24. The Hall–Kier alpha value is -0.620. The molecule has 0 aromatic heterocycles. The van der Waals surface area contributed by atoms with Crippen LogP contribution in [-0.4, -0.2) is 49.5 Å². The molecule has 0 unspecified atom stereocenters. The van der Waals surface area contributed by atoms with Gasteiger partial charge in [0.2, 0.25) is 0 Å². The highest BCUT2D eigenvalue weighted by Crippen LogP contribution is 2.23. The first kappa shape index (κ1) is 17.4. The maximum absolute atomic E-state index is 9.59. The van der Waals surface area contributed by atoms with Gasteiger partial charge < -0.3 is 14.6 Å². The number of hydrogen-bond donors (Lipinski definition) is 1. The summed E-state index contributed by atoms with van der Waals surface area (Å²) in [6, 6.07) is 5.34. The first-order valence-electron chi connectivity index (χ1n) is 7.02. The van der Waals surface area contributed by atoms with Crippen molar-refractivity contribution in [1.82, 2.24) is 4.90 Å². The maximum atomic E-state index is 9.59. The van der Waals surface area contributed by atoms with Gasteiger partial charge in [-0.2, -0.15) is 0 Å². The van der Waals surface area contributed by atoms with Crippen molar-refractivity contribution in [1.29, 1.82) is 0 Å². The molecule has 0 aliphatic heterocycles. The summed E-state index contributed by atoms with van der Waals surface area (Å²) >= 11 is 3.52. The Morgan fingerprint density at radius 3 is 2.25 bits per heavy atom. The van der Waals surface area contributed by atoms with Gasteiger partial charge in [-0.1, -0.05) is 15.9 Å². The Kier molecular flexibility index (Phi) is 8.85. The number of halogens is 1. The summed E-state index contributed by atoms with van der Waals surface area (Å²) < 4.78 is 11.8. The number of phenols is 1. The molecule has 0 radical (unpaired) electrons. The van der Waals surface area contributed by atoms with Gasteiger partial charge in [-0.05, 0) is 37.6 Å². The molecular weight excluding hydrogens is 322 g/mol. The number of hydrogen-bond acceptors (Lipinski definition) is 4. The van der Waals surface area contributed by atoms with Gasteiger partial charge in [0.1, 0.15) is 5.75 Å². The molecule has 1 N–H and O–H groups in total. The zero-order valence-electron chi connectivity index (χ0n) is 12.3. The van der Waals surface area contributed by atoms with E-state index >= 15 is 0 Å². The van der Waals surface area contributed by atoms with Gasteiger partial charge in [-0.15, -0.1) is 0 Å². The molecule has 20 heavy (non-hydrogen) atoms. The Morgan fingerprint density at radius 1 is 1.10 bits per heavy atom. The standard InChI is InChI=1S/C15H24BrNO3/c1-3-19-9-7-17(8-10-20-4-2)12-13-11-14(18)5-6-15(13)16/h5-6,11,18H,3-4,7-10,12H2,1-2H3. The van der Waals surface area contributed by atoms with E-state index in [4.69, 9.17) is 9.47 Å². The molecule has 1 aromatic rings. The lowest BCUT2D eigenvalue weighted by Crippen LogP contribution is -2.30. The number of phenolic OH excluding ortho intramolecular Hbond substituents is 1. The highest BCUT2D eigenvalue weighted by Gasteiger charge is 2.09. The summed E-state index contributed by atoms with van der Waals surface area (Å²) in [5.74, 6) is 0.290. The Bertz CT molecular complexity index is 377. The van der Waals surface area contributed by atoms with E-state index in [0.29, 0.717) is 13.2 Å². The van der Waals surface area contributed by atoms with E-state index in [0.717, 1.165) is 42.9 Å². The molecule has 0 amide bonds. The number of aromatic hydroxyl groups is 1. The summed E-state index contributed by atoms with van der Waals surface area (Å²) in [7, 11) is 0. The molecule has 0 atom stereocenters. The van der Waals surface area contributed by atoms with Crippen LogP contribution in [0.3, 0.4) is 0 Å². The predicted octanol–water partition coefficient (Wildman–Crippen LogP) is 3.03. The normalized spacial score (nSPS) is 11.2. The zero-order valence-corrected chi connectivity index (χ0v) is 13.9. The van der Waals surface area contributed by atoms with Gasteiger partial charge >= 0.3 is 0 Å². The third-order valence-corrected chi connectivity index (χ3v) is 3.71. The fourth-order valence-electron chi connectivity index (χ4n) is 1.87. The van der Waals surface area contributed by atoms with Crippen LogP contribution >= 0.6 is 15.9 Å². The van der Waals surface area contributed by atoms with Crippen molar-refractivity contribution in [2.75, 3.05) is 39.5 Å². The molecule has 0 saturated carbocycles. The third-order valence-electron chi connectivity index (χ3n) is 2.94. The van der Waals surface area contributed by atoms with Crippen LogP contribution in [0, 0.1) is 0 Å². The van der Waals surface area contributed by atoms with Crippen molar-refractivity contribution in [2.24, 2.45) is 0 Å². The molecule has 1 rings (SSSR count). The highest BCUT2D eigenvalue weighted by molar-refractivity contribution is 9.10. The van der Waals surface area contributed by atoms with Gasteiger partial charge in [0, 0.05) is 37.3 Å². The van der Waals surface area contributed by atoms with Gasteiger partial charge in [-0.3, -0.25) is 4.90 Å². The van der Waals surface area contributed by atoms with Gasteiger partial charge in [0.15, 0.2) is 0 Å². The summed E-state index contributed by atoms with van der Waals surface area (Å²) in [6.07, 6.45) is 0. The average molecular weight is 346 g/mol. The predicted molar refractivity (Wildman–Crippen MR) is 84.1 cm³/mol. The molecule has 0 spiro atoms. The minimum Gasteiger partial charge on any atom is -0.508 e. The van der Waals surface area contributed by atoms with E-state index in [-0.39, 0.29) is 5.75 Å². The van der Waals surface area contributed by atoms with Crippen LogP contribution in [-0.2, 0) is 16.0 Å². The minimum absolute atomic E-state index is 0.290. The van der Waals surface area contributed by atoms with Gasteiger partial charge in [-0.25, -0.2) is 0 Å².